The van der Waals surface area contributed by atoms with Crippen LogP contribution in [-0.4, -0.2) is 53.0 Å². The number of alkyl halides is 11. The normalized spacial score (nSPS) is 31.0. The zero-order valence-corrected chi connectivity index (χ0v) is 14.0. The van der Waals surface area contributed by atoms with Crippen molar-refractivity contribution in [1.82, 2.24) is 0 Å². The maximum Gasteiger partial charge on any atom is 0.449 e. The Hall–Kier alpha value is -1.38. The van der Waals surface area contributed by atoms with Crippen LogP contribution < -0.4 is 0 Å². The summed E-state index contributed by atoms with van der Waals surface area (Å²) in [7, 11) is 0. The fourth-order valence-corrected chi connectivity index (χ4v) is 3.32. The Morgan fingerprint density at radius 3 is 1.69 bits per heavy atom. The van der Waals surface area contributed by atoms with Gasteiger partial charge in [-0.25, -0.2) is 0 Å². The van der Waals surface area contributed by atoms with Crippen LogP contribution in [0.3, 0.4) is 0 Å². The van der Waals surface area contributed by atoms with E-state index in [2.05, 4.69) is 9.47 Å². The zero-order valence-electron chi connectivity index (χ0n) is 14.0. The van der Waals surface area contributed by atoms with E-state index >= 15 is 0 Å². The highest BCUT2D eigenvalue weighted by Crippen LogP contribution is 2.64. The van der Waals surface area contributed by atoms with Gasteiger partial charge in [0, 0.05) is 0 Å². The van der Waals surface area contributed by atoms with Gasteiger partial charge in [-0.3, -0.25) is 4.79 Å². The third-order valence-corrected chi connectivity index (χ3v) is 4.86. The molecule has 2 atom stereocenters. The SMILES string of the molecule is O=C(OC1C(F)(F)C(O)(C(F)(F)F)OC1(C(F)(F)F)C(F)(F)F)C1CCCCC1. The largest absolute Gasteiger partial charge is 0.452 e. The van der Waals surface area contributed by atoms with Gasteiger partial charge in [-0.15, -0.1) is 0 Å². The monoisotopic (exact) mass is 454 g/mol. The van der Waals surface area contributed by atoms with E-state index < -0.39 is 53.8 Å². The predicted octanol–water partition coefficient (Wildman–Crippen LogP) is 4.26. The van der Waals surface area contributed by atoms with E-state index in [1.165, 1.54) is 0 Å². The molecule has 15 heteroatoms. The first-order valence-corrected chi connectivity index (χ1v) is 8.04. The van der Waals surface area contributed by atoms with Gasteiger partial charge in [0.2, 0.25) is 6.10 Å². The summed E-state index contributed by atoms with van der Waals surface area (Å²) in [6, 6.07) is 0. The van der Waals surface area contributed by atoms with E-state index in [-0.39, 0.29) is 25.7 Å². The number of esters is 1. The average Bonchev–Trinajstić information content (AvgIpc) is 2.74. The molecule has 1 N–H and O–H groups in total. The van der Waals surface area contributed by atoms with E-state index in [1.807, 2.05) is 0 Å². The number of ether oxygens (including phenoxy) is 2. The van der Waals surface area contributed by atoms with Crippen LogP contribution in [0.2, 0.25) is 0 Å². The van der Waals surface area contributed by atoms with Gasteiger partial charge in [0.1, 0.15) is 0 Å². The molecule has 2 rings (SSSR count). The minimum atomic E-state index is -6.97. The number of halogens is 11. The summed E-state index contributed by atoms with van der Waals surface area (Å²) in [6.45, 7) is 0. The number of carbonyl (C=O) groups is 1. The fourth-order valence-electron chi connectivity index (χ4n) is 3.32. The van der Waals surface area contributed by atoms with Crippen LogP contribution in [0.15, 0.2) is 0 Å². The van der Waals surface area contributed by atoms with Crippen LogP contribution in [0.25, 0.3) is 0 Å². The van der Waals surface area contributed by atoms with E-state index in [9.17, 15) is 53.1 Å². The highest BCUT2D eigenvalue weighted by Gasteiger charge is 2.95. The van der Waals surface area contributed by atoms with Crippen molar-refractivity contribution in [2.24, 2.45) is 5.92 Å². The first-order chi connectivity index (χ1) is 12.8. The van der Waals surface area contributed by atoms with Gasteiger partial charge in [0.25, 0.3) is 0 Å². The number of hydrogen-bond donors (Lipinski definition) is 1. The maximum absolute atomic E-state index is 14.3. The molecule has 0 aromatic rings. The Kier molecular flexibility index (Phi) is 5.62. The van der Waals surface area contributed by atoms with Crippen molar-refractivity contribution in [2.45, 2.75) is 74.0 Å². The molecule has 0 spiro atoms. The van der Waals surface area contributed by atoms with Crippen molar-refractivity contribution < 1.29 is 67.7 Å². The van der Waals surface area contributed by atoms with Crippen molar-refractivity contribution in [3.8, 4) is 0 Å². The van der Waals surface area contributed by atoms with Crippen molar-refractivity contribution >= 4 is 5.97 Å². The minimum Gasteiger partial charge on any atom is -0.452 e. The quantitative estimate of drug-likeness (QED) is 0.501. The van der Waals surface area contributed by atoms with Crippen LogP contribution in [0.4, 0.5) is 48.3 Å². The highest BCUT2D eigenvalue weighted by molar-refractivity contribution is 5.73. The first kappa shape index (κ1) is 23.9. The minimum absolute atomic E-state index is 0.132. The summed E-state index contributed by atoms with van der Waals surface area (Å²) in [5, 5.41) is 9.12. The molecule has 1 aliphatic carbocycles. The lowest BCUT2D eigenvalue weighted by atomic mass is 9.88. The Morgan fingerprint density at radius 2 is 1.31 bits per heavy atom. The summed E-state index contributed by atoms with van der Waals surface area (Å²) in [5.41, 5.74) is -6.32. The summed E-state index contributed by atoms with van der Waals surface area (Å²) >= 11 is 0. The van der Waals surface area contributed by atoms with Crippen LogP contribution in [-0.2, 0) is 14.3 Å². The van der Waals surface area contributed by atoms with E-state index in [4.69, 9.17) is 5.11 Å². The Morgan fingerprint density at radius 1 is 0.862 bits per heavy atom. The van der Waals surface area contributed by atoms with E-state index in [0.29, 0.717) is 6.42 Å². The van der Waals surface area contributed by atoms with Crippen LogP contribution in [0.1, 0.15) is 32.1 Å². The number of rotatable bonds is 2. The molecule has 4 nitrogen and oxygen atoms in total. The first-order valence-electron chi connectivity index (χ1n) is 8.04. The summed E-state index contributed by atoms with van der Waals surface area (Å²) in [4.78, 5) is 11.9. The fraction of sp³-hybridized carbons (Fsp3) is 0.929. The molecule has 1 heterocycles. The highest BCUT2D eigenvalue weighted by atomic mass is 19.4. The zero-order chi connectivity index (χ0) is 22.7. The molecule has 2 fully saturated rings. The molecule has 0 amide bonds. The number of aliphatic hydroxyl groups is 1. The molecule has 1 aliphatic heterocycles. The molecular weight excluding hydrogens is 441 g/mol. The second kappa shape index (κ2) is 6.82. The predicted molar refractivity (Wildman–Crippen MR) is 68.3 cm³/mol. The molecule has 0 bridgehead atoms. The molecule has 1 saturated carbocycles. The molecule has 2 aliphatic rings. The number of hydrogen-bond acceptors (Lipinski definition) is 4. The third kappa shape index (κ3) is 3.43. The van der Waals surface area contributed by atoms with Crippen molar-refractivity contribution in [3.63, 3.8) is 0 Å². The van der Waals surface area contributed by atoms with Crippen molar-refractivity contribution in [1.29, 1.82) is 0 Å². The lowest BCUT2D eigenvalue weighted by molar-refractivity contribution is -0.457. The van der Waals surface area contributed by atoms with Crippen molar-refractivity contribution in [3.05, 3.63) is 0 Å². The van der Waals surface area contributed by atoms with Gasteiger partial charge >= 0.3 is 41.8 Å². The maximum atomic E-state index is 14.3. The summed E-state index contributed by atoms with van der Waals surface area (Å²) in [6.07, 6.45) is -24.8. The average molecular weight is 454 g/mol. The van der Waals surface area contributed by atoms with Gasteiger partial charge in [-0.05, 0) is 12.8 Å². The second-order valence-corrected chi connectivity index (χ2v) is 6.75. The molecule has 170 valence electrons. The molecular formula is C14H13F11O4. The smallest absolute Gasteiger partial charge is 0.449 e. The van der Waals surface area contributed by atoms with Gasteiger partial charge in [-0.2, -0.15) is 48.3 Å². The molecule has 29 heavy (non-hydrogen) atoms. The van der Waals surface area contributed by atoms with Gasteiger partial charge < -0.3 is 14.6 Å². The molecule has 0 aromatic heterocycles. The Labute approximate surface area is 154 Å². The number of carbonyl (C=O) groups excluding carboxylic acids is 1. The van der Waals surface area contributed by atoms with Gasteiger partial charge in [0.05, 0.1) is 5.92 Å². The topological polar surface area (TPSA) is 55.8 Å². The summed E-state index contributed by atoms with van der Waals surface area (Å²) < 4.78 is 153. The lowest BCUT2D eigenvalue weighted by Gasteiger charge is -2.37. The van der Waals surface area contributed by atoms with E-state index in [1.54, 1.807) is 0 Å². The molecule has 1 saturated heterocycles. The molecule has 0 aromatic carbocycles. The van der Waals surface area contributed by atoms with Gasteiger partial charge in [-0.1, -0.05) is 19.3 Å². The molecule has 0 radical (unpaired) electrons. The second-order valence-electron chi connectivity index (χ2n) is 6.75. The van der Waals surface area contributed by atoms with Crippen LogP contribution in [0.5, 0.6) is 0 Å². The molecule has 2 unspecified atom stereocenters. The van der Waals surface area contributed by atoms with Crippen molar-refractivity contribution in [2.75, 3.05) is 0 Å². The van der Waals surface area contributed by atoms with Gasteiger partial charge in [0.15, 0.2) is 0 Å². The van der Waals surface area contributed by atoms with Crippen LogP contribution in [0, 0.1) is 5.92 Å². The Bertz CT molecular complexity index is 619. The standard InChI is InChI=1S/C14H13F11O4/c15-10(16)8(28-7(26)6-4-2-1-3-5-6)9(12(17,18)19,13(20,21)22)29-11(10,27)14(23,24)25/h6,8,27H,1-5H2. The summed E-state index contributed by atoms with van der Waals surface area (Å²) in [5.74, 6) is -15.9. The third-order valence-electron chi connectivity index (χ3n) is 4.86. The lowest BCUT2D eigenvalue weighted by Crippen LogP contribution is -2.66. The Balaban J connectivity index is 2.64. The van der Waals surface area contributed by atoms with Crippen LogP contribution >= 0.6 is 0 Å². The van der Waals surface area contributed by atoms with E-state index in [0.717, 1.165) is 0 Å².